The van der Waals surface area contributed by atoms with E-state index in [9.17, 15) is 4.79 Å². The summed E-state index contributed by atoms with van der Waals surface area (Å²) in [6.07, 6.45) is 1.47. The second-order valence-electron chi connectivity index (χ2n) is 2.08. The van der Waals surface area contributed by atoms with Crippen LogP contribution in [0.15, 0.2) is 15.5 Å². The van der Waals surface area contributed by atoms with Gasteiger partial charge in [-0.15, -0.1) is 0 Å². The van der Waals surface area contributed by atoms with E-state index in [2.05, 4.69) is 31.4 Å². The molecule has 66 valence electrons. The third-order valence-corrected chi connectivity index (χ3v) is 2.01. The van der Waals surface area contributed by atoms with E-state index in [0.29, 0.717) is 16.7 Å². The van der Waals surface area contributed by atoms with Crippen LogP contribution in [0.2, 0.25) is 0 Å². The van der Waals surface area contributed by atoms with E-state index in [0.717, 1.165) is 0 Å². The monoisotopic (exact) mass is 233 g/mol. The van der Waals surface area contributed by atoms with Crippen LogP contribution >= 0.6 is 15.9 Å². The first-order chi connectivity index (χ1) is 5.75. The minimum Gasteiger partial charge on any atom is -0.395 e. The van der Waals surface area contributed by atoms with Crippen LogP contribution in [0.3, 0.4) is 0 Å². The molecule has 0 aliphatic carbocycles. The lowest BCUT2D eigenvalue weighted by Gasteiger charge is -2.03. The Balaban J connectivity index is 2.85. The maximum absolute atomic E-state index is 10.9. The van der Waals surface area contributed by atoms with Gasteiger partial charge in [-0.05, 0) is 15.9 Å². The highest BCUT2D eigenvalue weighted by atomic mass is 79.9. The average molecular weight is 234 g/mol. The molecule has 0 aliphatic rings. The summed E-state index contributed by atoms with van der Waals surface area (Å²) in [5.74, 6) is 0. The second-order valence-corrected chi connectivity index (χ2v) is 2.87. The number of nitrogens with zero attached hydrogens (tertiary/aromatic N) is 1. The van der Waals surface area contributed by atoms with E-state index in [1.54, 1.807) is 0 Å². The molecular weight excluding hydrogens is 226 g/mol. The van der Waals surface area contributed by atoms with Gasteiger partial charge in [0, 0.05) is 6.54 Å². The summed E-state index contributed by atoms with van der Waals surface area (Å²) >= 11 is 3.08. The minimum atomic E-state index is -0.294. The SMILES string of the molecule is O=c1[nH]ncc(NCCO)c1Br. The van der Waals surface area contributed by atoms with E-state index in [1.165, 1.54) is 6.20 Å². The molecule has 0 amide bonds. The first-order valence-electron chi connectivity index (χ1n) is 3.33. The van der Waals surface area contributed by atoms with Gasteiger partial charge in [-0.3, -0.25) is 4.79 Å². The molecule has 0 fully saturated rings. The van der Waals surface area contributed by atoms with E-state index in [-0.39, 0.29) is 12.2 Å². The smallest absolute Gasteiger partial charge is 0.280 e. The average Bonchev–Trinajstić information content (AvgIpc) is 2.08. The topological polar surface area (TPSA) is 78.0 Å². The predicted molar refractivity (Wildman–Crippen MR) is 48.1 cm³/mol. The van der Waals surface area contributed by atoms with Crippen molar-refractivity contribution < 1.29 is 5.11 Å². The summed E-state index contributed by atoms with van der Waals surface area (Å²) in [4.78, 5) is 10.9. The Kier molecular flexibility index (Phi) is 3.24. The van der Waals surface area contributed by atoms with Crippen molar-refractivity contribution in [3.8, 4) is 0 Å². The highest BCUT2D eigenvalue weighted by molar-refractivity contribution is 9.10. The Bertz CT molecular complexity index is 312. The maximum atomic E-state index is 10.9. The molecule has 0 saturated carbocycles. The van der Waals surface area contributed by atoms with Gasteiger partial charge >= 0.3 is 0 Å². The molecule has 5 nitrogen and oxygen atoms in total. The van der Waals surface area contributed by atoms with Gasteiger partial charge in [-0.1, -0.05) is 0 Å². The molecule has 6 heteroatoms. The molecule has 1 rings (SSSR count). The number of rotatable bonds is 3. The number of nitrogens with one attached hydrogen (secondary N) is 2. The van der Waals surface area contributed by atoms with Crippen LogP contribution in [-0.2, 0) is 0 Å². The predicted octanol–water partition coefficient (Wildman–Crippen LogP) is -0.0634. The number of hydrogen-bond donors (Lipinski definition) is 3. The van der Waals surface area contributed by atoms with Crippen LogP contribution in [-0.4, -0.2) is 28.5 Å². The van der Waals surface area contributed by atoms with Crippen LogP contribution < -0.4 is 10.9 Å². The molecule has 1 aromatic heterocycles. The van der Waals surface area contributed by atoms with Crippen LogP contribution in [0.25, 0.3) is 0 Å². The zero-order valence-corrected chi connectivity index (χ0v) is 7.76. The summed E-state index contributed by atoms with van der Waals surface area (Å²) < 4.78 is 0.394. The van der Waals surface area contributed by atoms with Crippen molar-refractivity contribution in [1.82, 2.24) is 10.2 Å². The number of H-pyrrole nitrogens is 1. The lowest BCUT2D eigenvalue weighted by atomic mass is 10.4. The highest BCUT2D eigenvalue weighted by Crippen LogP contribution is 2.14. The van der Waals surface area contributed by atoms with Gasteiger partial charge in [-0.25, -0.2) is 5.10 Å². The molecule has 1 aromatic rings. The number of halogens is 1. The molecule has 0 saturated heterocycles. The molecule has 12 heavy (non-hydrogen) atoms. The molecule has 0 spiro atoms. The van der Waals surface area contributed by atoms with Gasteiger partial charge in [0.2, 0.25) is 0 Å². The van der Waals surface area contributed by atoms with Crippen LogP contribution in [0, 0.1) is 0 Å². The van der Waals surface area contributed by atoms with Crippen LogP contribution in [0.4, 0.5) is 5.69 Å². The molecule has 0 unspecified atom stereocenters. The van der Waals surface area contributed by atoms with E-state index in [4.69, 9.17) is 5.11 Å². The summed E-state index contributed by atoms with van der Waals surface area (Å²) in [6, 6.07) is 0. The van der Waals surface area contributed by atoms with Crippen LogP contribution in [0.5, 0.6) is 0 Å². The van der Waals surface area contributed by atoms with E-state index >= 15 is 0 Å². The highest BCUT2D eigenvalue weighted by Gasteiger charge is 2.01. The summed E-state index contributed by atoms with van der Waals surface area (Å²) in [6.45, 7) is 0.406. The van der Waals surface area contributed by atoms with Crippen LogP contribution in [0.1, 0.15) is 0 Å². The molecule has 0 bridgehead atoms. The lowest BCUT2D eigenvalue weighted by molar-refractivity contribution is 0.311. The third kappa shape index (κ3) is 2.05. The quantitative estimate of drug-likeness (QED) is 0.684. The zero-order chi connectivity index (χ0) is 8.97. The Morgan fingerprint density at radius 2 is 2.50 bits per heavy atom. The lowest BCUT2D eigenvalue weighted by Crippen LogP contribution is -2.14. The number of aromatic amines is 1. The first-order valence-corrected chi connectivity index (χ1v) is 4.13. The number of aliphatic hydroxyl groups excluding tert-OH is 1. The number of anilines is 1. The number of aliphatic hydroxyl groups is 1. The molecule has 0 radical (unpaired) electrons. The fourth-order valence-corrected chi connectivity index (χ4v) is 1.03. The van der Waals surface area contributed by atoms with Crippen molar-refractivity contribution >= 4 is 21.6 Å². The Labute approximate surface area is 76.9 Å². The van der Waals surface area contributed by atoms with Crippen molar-refractivity contribution in [3.05, 3.63) is 21.0 Å². The van der Waals surface area contributed by atoms with Gasteiger partial charge in [-0.2, -0.15) is 5.10 Å². The van der Waals surface area contributed by atoms with Gasteiger partial charge < -0.3 is 10.4 Å². The van der Waals surface area contributed by atoms with Crippen molar-refractivity contribution in [2.24, 2.45) is 0 Å². The standard InChI is InChI=1S/C6H8BrN3O2/c7-5-4(8-1-2-11)3-9-10-6(5)12/h3,11H,1-2H2,(H2,8,10,12). The molecule has 0 aliphatic heterocycles. The third-order valence-electron chi connectivity index (χ3n) is 1.22. The summed E-state index contributed by atoms with van der Waals surface area (Å²) in [5.41, 5.74) is 0.283. The normalized spacial score (nSPS) is 9.83. The molecule has 1 heterocycles. The molecule has 0 atom stereocenters. The second kappa shape index (κ2) is 4.22. The maximum Gasteiger partial charge on any atom is 0.280 e. The van der Waals surface area contributed by atoms with Crippen molar-refractivity contribution in [3.63, 3.8) is 0 Å². The Hall–Kier alpha value is -0.880. The molecule has 0 aromatic carbocycles. The first kappa shape index (κ1) is 9.21. The van der Waals surface area contributed by atoms with Gasteiger partial charge in [0.05, 0.1) is 18.5 Å². The van der Waals surface area contributed by atoms with Gasteiger partial charge in [0.15, 0.2) is 0 Å². The molecular formula is C6H8BrN3O2. The van der Waals surface area contributed by atoms with E-state index in [1.807, 2.05) is 0 Å². The fourth-order valence-electron chi connectivity index (χ4n) is 0.697. The fraction of sp³-hybridized carbons (Fsp3) is 0.333. The Morgan fingerprint density at radius 1 is 1.75 bits per heavy atom. The van der Waals surface area contributed by atoms with Crippen molar-refractivity contribution in [1.29, 1.82) is 0 Å². The summed E-state index contributed by atoms with van der Waals surface area (Å²) in [5, 5.41) is 17.2. The number of hydrogen-bond acceptors (Lipinski definition) is 4. The molecule has 3 N–H and O–H groups in total. The van der Waals surface area contributed by atoms with Gasteiger partial charge in [0.1, 0.15) is 4.47 Å². The summed E-state index contributed by atoms with van der Waals surface area (Å²) in [7, 11) is 0. The number of aromatic nitrogens is 2. The van der Waals surface area contributed by atoms with E-state index < -0.39 is 0 Å². The minimum absolute atomic E-state index is 0.0131. The largest absolute Gasteiger partial charge is 0.395 e. The zero-order valence-electron chi connectivity index (χ0n) is 6.17. The van der Waals surface area contributed by atoms with Crippen molar-refractivity contribution in [2.45, 2.75) is 0 Å². The Morgan fingerprint density at radius 3 is 3.17 bits per heavy atom. The van der Waals surface area contributed by atoms with Crippen molar-refractivity contribution in [2.75, 3.05) is 18.5 Å². The van der Waals surface area contributed by atoms with Gasteiger partial charge in [0.25, 0.3) is 5.56 Å².